The number of amides is 2. The largest absolute Gasteiger partial charge is 0.484 e. The van der Waals surface area contributed by atoms with Crippen LogP contribution in [-0.4, -0.2) is 38.6 Å². The number of furan rings is 1. The van der Waals surface area contributed by atoms with Gasteiger partial charge >= 0.3 is 0 Å². The summed E-state index contributed by atoms with van der Waals surface area (Å²) in [6.45, 7) is 1.32. The van der Waals surface area contributed by atoms with Crippen LogP contribution in [0.4, 0.5) is 15.8 Å². The maximum Gasteiger partial charge on any atom is 0.291 e. The van der Waals surface area contributed by atoms with Crippen LogP contribution < -0.4 is 15.4 Å². The number of anilines is 2. The number of ether oxygens (including phenoxy) is 1. The Kier molecular flexibility index (Phi) is 5.88. The van der Waals surface area contributed by atoms with E-state index in [0.29, 0.717) is 22.9 Å². The molecule has 2 N–H and O–H groups in total. The van der Waals surface area contributed by atoms with Crippen LogP contribution in [0, 0.1) is 12.7 Å². The second-order valence-corrected chi connectivity index (χ2v) is 6.60. The van der Waals surface area contributed by atoms with E-state index in [0.717, 1.165) is 0 Å². The van der Waals surface area contributed by atoms with Crippen LogP contribution in [0.3, 0.4) is 0 Å². The number of aryl methyl sites for hydroxylation is 1. The fraction of sp³-hybridized carbons (Fsp3) is 0.0952. The first-order chi connectivity index (χ1) is 15.5. The molecular formula is C21H17FN6O4. The van der Waals surface area contributed by atoms with Gasteiger partial charge in [0.05, 0.1) is 17.6 Å². The lowest BCUT2D eigenvalue weighted by molar-refractivity contribution is -0.118. The van der Waals surface area contributed by atoms with Gasteiger partial charge in [0.1, 0.15) is 11.6 Å². The number of aromatic nitrogens is 4. The number of carbonyl (C=O) groups excluding carboxylic acids is 2. The van der Waals surface area contributed by atoms with Crippen molar-refractivity contribution >= 4 is 23.2 Å². The van der Waals surface area contributed by atoms with Crippen molar-refractivity contribution in [2.24, 2.45) is 0 Å². The van der Waals surface area contributed by atoms with Gasteiger partial charge in [-0.3, -0.25) is 9.59 Å². The number of hydrogen-bond donors (Lipinski definition) is 2. The van der Waals surface area contributed by atoms with Gasteiger partial charge in [-0.15, -0.1) is 5.10 Å². The molecule has 162 valence electrons. The summed E-state index contributed by atoms with van der Waals surface area (Å²) in [5.74, 6) is -0.586. The van der Waals surface area contributed by atoms with Crippen LogP contribution in [0.5, 0.6) is 5.75 Å². The van der Waals surface area contributed by atoms with Crippen molar-refractivity contribution in [2.75, 3.05) is 17.2 Å². The molecular weight excluding hydrogens is 419 g/mol. The van der Waals surface area contributed by atoms with E-state index in [4.69, 9.17) is 9.15 Å². The third-order valence-electron chi connectivity index (χ3n) is 4.30. The summed E-state index contributed by atoms with van der Waals surface area (Å²) in [6, 6.07) is 13.8. The Labute approximate surface area is 181 Å². The van der Waals surface area contributed by atoms with Crippen molar-refractivity contribution in [1.82, 2.24) is 20.2 Å². The first-order valence-corrected chi connectivity index (χ1v) is 9.42. The van der Waals surface area contributed by atoms with Gasteiger partial charge in [-0.2, -0.15) is 4.68 Å². The third kappa shape index (κ3) is 4.78. The molecule has 0 aliphatic rings. The van der Waals surface area contributed by atoms with Crippen LogP contribution in [-0.2, 0) is 4.79 Å². The van der Waals surface area contributed by atoms with Gasteiger partial charge in [0.15, 0.2) is 18.2 Å². The zero-order valence-corrected chi connectivity index (χ0v) is 16.8. The minimum absolute atomic E-state index is 0.0366. The zero-order valence-electron chi connectivity index (χ0n) is 16.8. The Bertz CT molecular complexity index is 1250. The van der Waals surface area contributed by atoms with Gasteiger partial charge < -0.3 is 19.8 Å². The van der Waals surface area contributed by atoms with E-state index in [9.17, 15) is 14.0 Å². The summed E-state index contributed by atoms with van der Waals surface area (Å²) in [5.41, 5.74) is 0.912. The summed E-state index contributed by atoms with van der Waals surface area (Å²) >= 11 is 0. The number of rotatable bonds is 7. The standard InChI is InChI=1S/C21H17FN6O4/c1-13-25-26-27-28(13)15-7-8-17(22)18(11-15)24-20(29)12-32-16-5-2-4-14(10-16)23-21(30)19-6-3-9-31-19/h2-11H,12H2,1H3,(H,23,30)(H,24,29). The van der Waals surface area contributed by atoms with Crippen molar-refractivity contribution in [3.8, 4) is 11.4 Å². The molecule has 0 radical (unpaired) electrons. The molecule has 10 nitrogen and oxygen atoms in total. The van der Waals surface area contributed by atoms with Gasteiger partial charge in [0, 0.05) is 11.8 Å². The normalized spacial score (nSPS) is 10.6. The highest BCUT2D eigenvalue weighted by molar-refractivity contribution is 6.02. The molecule has 11 heteroatoms. The third-order valence-corrected chi connectivity index (χ3v) is 4.30. The van der Waals surface area contributed by atoms with E-state index >= 15 is 0 Å². The van der Waals surface area contributed by atoms with Gasteiger partial charge in [-0.25, -0.2) is 4.39 Å². The average molecular weight is 436 g/mol. The van der Waals surface area contributed by atoms with Crippen molar-refractivity contribution < 1.29 is 23.1 Å². The van der Waals surface area contributed by atoms with Crippen LogP contribution in [0.1, 0.15) is 16.4 Å². The van der Waals surface area contributed by atoms with Gasteiger partial charge in [0.25, 0.3) is 11.8 Å². The number of nitrogens with one attached hydrogen (secondary N) is 2. The fourth-order valence-corrected chi connectivity index (χ4v) is 2.81. The van der Waals surface area contributed by atoms with Crippen molar-refractivity contribution in [3.05, 3.63) is 78.3 Å². The number of tetrazole rings is 1. The molecule has 2 heterocycles. The van der Waals surface area contributed by atoms with E-state index in [2.05, 4.69) is 26.2 Å². The lowest BCUT2D eigenvalue weighted by atomic mass is 10.2. The summed E-state index contributed by atoms with van der Waals surface area (Å²) in [4.78, 5) is 24.4. The van der Waals surface area contributed by atoms with Crippen molar-refractivity contribution in [1.29, 1.82) is 0 Å². The first kappa shape index (κ1) is 20.7. The zero-order chi connectivity index (χ0) is 22.5. The highest BCUT2D eigenvalue weighted by Gasteiger charge is 2.13. The molecule has 0 aliphatic carbocycles. The highest BCUT2D eigenvalue weighted by atomic mass is 19.1. The maximum atomic E-state index is 14.2. The van der Waals surface area contributed by atoms with E-state index in [-0.39, 0.29) is 18.1 Å². The Hall–Kier alpha value is -4.54. The lowest BCUT2D eigenvalue weighted by Crippen LogP contribution is -2.21. The fourth-order valence-electron chi connectivity index (χ4n) is 2.81. The smallest absolute Gasteiger partial charge is 0.291 e. The van der Waals surface area contributed by atoms with Gasteiger partial charge in [0.2, 0.25) is 0 Å². The number of hydrogen-bond acceptors (Lipinski definition) is 7. The molecule has 0 saturated carbocycles. The first-order valence-electron chi connectivity index (χ1n) is 9.42. The minimum Gasteiger partial charge on any atom is -0.484 e. The quantitative estimate of drug-likeness (QED) is 0.456. The molecule has 0 spiro atoms. The minimum atomic E-state index is -0.615. The van der Waals surface area contributed by atoms with E-state index in [1.807, 2.05) is 0 Å². The topological polar surface area (TPSA) is 124 Å². The monoisotopic (exact) mass is 436 g/mol. The molecule has 32 heavy (non-hydrogen) atoms. The predicted octanol–water partition coefficient (Wildman–Crippen LogP) is 2.97. The average Bonchev–Trinajstić information content (AvgIpc) is 3.46. The molecule has 0 unspecified atom stereocenters. The molecule has 0 atom stereocenters. The number of nitrogens with zero attached hydrogens (tertiary/aromatic N) is 4. The van der Waals surface area contributed by atoms with Crippen molar-refractivity contribution in [3.63, 3.8) is 0 Å². The van der Waals surface area contributed by atoms with Crippen LogP contribution in [0.2, 0.25) is 0 Å². The van der Waals surface area contributed by atoms with Gasteiger partial charge in [-0.1, -0.05) is 6.07 Å². The Morgan fingerprint density at radius 1 is 1.12 bits per heavy atom. The van der Waals surface area contributed by atoms with Crippen LogP contribution in [0.25, 0.3) is 5.69 Å². The molecule has 2 amide bonds. The molecule has 0 saturated heterocycles. The van der Waals surface area contributed by atoms with E-state index in [1.54, 1.807) is 37.3 Å². The van der Waals surface area contributed by atoms with Gasteiger partial charge in [-0.05, 0) is 59.8 Å². The number of halogens is 1. The Balaban J connectivity index is 1.37. The van der Waals surface area contributed by atoms with E-state index < -0.39 is 17.6 Å². The van der Waals surface area contributed by atoms with Crippen LogP contribution in [0.15, 0.2) is 65.3 Å². The summed E-state index contributed by atoms with van der Waals surface area (Å²) in [7, 11) is 0. The molecule has 0 aliphatic heterocycles. The predicted molar refractivity (Wildman–Crippen MR) is 111 cm³/mol. The second kappa shape index (κ2) is 9.08. The molecule has 0 fully saturated rings. The molecule has 4 aromatic rings. The summed E-state index contributed by atoms with van der Waals surface area (Å²) in [6.07, 6.45) is 1.40. The van der Waals surface area contributed by atoms with E-state index in [1.165, 1.54) is 35.2 Å². The molecule has 2 aromatic carbocycles. The molecule has 0 bridgehead atoms. The Morgan fingerprint density at radius 2 is 2.00 bits per heavy atom. The lowest BCUT2D eigenvalue weighted by Gasteiger charge is -2.11. The molecule has 2 aromatic heterocycles. The number of benzene rings is 2. The maximum absolute atomic E-state index is 14.2. The van der Waals surface area contributed by atoms with Crippen molar-refractivity contribution in [2.45, 2.75) is 6.92 Å². The SMILES string of the molecule is Cc1nnnn1-c1ccc(F)c(NC(=O)COc2cccc(NC(=O)c3ccco3)c2)c1. The highest BCUT2D eigenvalue weighted by Crippen LogP contribution is 2.20. The second-order valence-electron chi connectivity index (χ2n) is 6.60. The Morgan fingerprint density at radius 3 is 2.75 bits per heavy atom. The summed E-state index contributed by atoms with van der Waals surface area (Å²) < 4.78 is 26.1. The number of carbonyl (C=O) groups is 2. The molecule has 4 rings (SSSR count). The summed E-state index contributed by atoms with van der Waals surface area (Å²) in [5, 5.41) is 16.3. The van der Waals surface area contributed by atoms with Crippen LogP contribution >= 0.6 is 0 Å².